The second kappa shape index (κ2) is 63.4. The Kier molecular flexibility index (Phi) is 64.9. The molecular weight excluding hydrogens is 2260 g/mol. The van der Waals surface area contributed by atoms with Crippen molar-refractivity contribution in [2.75, 3.05) is 6.23 Å². The molecule has 99 heavy (non-hydrogen) atoms. The van der Waals surface area contributed by atoms with E-state index in [1.807, 2.05) is 62.4 Å². The van der Waals surface area contributed by atoms with Crippen LogP contribution in [0.3, 0.4) is 0 Å². The second-order valence-electron chi connectivity index (χ2n) is 18.0. The van der Waals surface area contributed by atoms with Gasteiger partial charge in [-0.1, -0.05) is 254 Å². The molecule has 7 aromatic carbocycles. The number of Topliss-reactive ketones (excluding diaryl/α,β-unsaturated/α-hetero) is 1. The number of thiol groups is 1. The van der Waals surface area contributed by atoms with Crippen molar-refractivity contribution in [3.05, 3.63) is 248 Å². The molecule has 7 rings (SSSR count). The van der Waals surface area contributed by atoms with Crippen LogP contribution in [0.25, 0.3) is 0 Å². The normalized spacial score (nSPS) is 9.91. The van der Waals surface area contributed by atoms with E-state index in [1.165, 1.54) is 17.2 Å². The molecule has 1 atom stereocenters. The van der Waals surface area contributed by atoms with Crippen LogP contribution in [0.5, 0.6) is 0 Å². The maximum absolute atomic E-state index is 13.0. The topological polar surface area (TPSA) is 269 Å². The van der Waals surface area contributed by atoms with Crippen molar-refractivity contribution >= 4 is 262 Å². The van der Waals surface area contributed by atoms with E-state index in [9.17, 15) is 47.4 Å². The first-order valence-corrected chi connectivity index (χ1v) is 41.1. The van der Waals surface area contributed by atoms with Crippen LogP contribution in [0.2, 0.25) is 0 Å². The minimum absolute atomic E-state index is 0. The number of benzene rings is 7. The Balaban J connectivity index is -0.000000254. The van der Waals surface area contributed by atoms with Crippen molar-refractivity contribution in [1.29, 1.82) is 1.12 Å². The number of carboxylic acids is 2. The van der Waals surface area contributed by atoms with Gasteiger partial charge < -0.3 is 25.2 Å². The van der Waals surface area contributed by atoms with E-state index in [0.29, 0.717) is 59.1 Å². The molecule has 0 bridgehead atoms. The predicted molar refractivity (Wildman–Crippen MR) is 424 cm³/mol. The molecule has 34 heteroatoms. The Morgan fingerprint density at radius 1 is 0.576 bits per heavy atom. The Labute approximate surface area is 702 Å². The van der Waals surface area contributed by atoms with Gasteiger partial charge in [-0.15, -0.1) is 0 Å². The Morgan fingerprint density at radius 2 is 0.919 bits per heavy atom. The Hall–Kier alpha value is -1.89. The molecule has 0 heterocycles. The van der Waals surface area contributed by atoms with Gasteiger partial charge in [-0.05, 0) is 171 Å². The number of aryl methyl sites for hydroxylation is 1. The zero-order chi connectivity index (χ0) is 77.7. The summed E-state index contributed by atoms with van der Waals surface area (Å²) in [4.78, 5) is 73.2. The Morgan fingerprint density at radius 3 is 1.22 bits per heavy atom. The second-order valence-corrected chi connectivity index (χ2v) is 27.8. The van der Waals surface area contributed by atoms with Crippen LogP contribution in [0.1, 0.15) is 127 Å². The van der Waals surface area contributed by atoms with E-state index >= 15 is 0 Å². The zero-order valence-corrected chi connectivity index (χ0v) is 75.6. The summed E-state index contributed by atoms with van der Waals surface area (Å²) in [6, 6.07) is 36.9. The zero-order valence-electron chi connectivity index (χ0n) is 53.8. The third-order valence-corrected chi connectivity index (χ3v) is 19.7. The van der Waals surface area contributed by atoms with E-state index in [0.717, 1.165) is 97.8 Å². The van der Waals surface area contributed by atoms with E-state index in [1.54, 1.807) is 72.8 Å². The molecule has 0 aliphatic heterocycles. The summed E-state index contributed by atoms with van der Waals surface area (Å²) in [5, 5.41) is 39.9. The number of aldehydes is 4. The number of ketones is 1. The molecule has 0 aromatic heterocycles. The van der Waals surface area contributed by atoms with Gasteiger partial charge in [-0.2, -0.15) is 21.3 Å². The maximum atomic E-state index is 13.0. The Bertz CT molecular complexity index is 3800. The van der Waals surface area contributed by atoms with Gasteiger partial charge >= 0.3 is 62.8 Å². The van der Waals surface area contributed by atoms with Crippen molar-refractivity contribution < 1.29 is 115 Å². The number of aliphatic hydroxyl groups is 2. The first kappa shape index (κ1) is 101. The first-order chi connectivity index (χ1) is 47.2. The van der Waals surface area contributed by atoms with Crippen molar-refractivity contribution in [1.82, 2.24) is 0 Å². The predicted octanol–water partition coefficient (Wildman–Crippen LogP) is 22.9. The monoisotopic (exact) mass is 2310 g/mol. The molecule has 0 saturated carbocycles. The summed E-state index contributed by atoms with van der Waals surface area (Å²) >= 11 is 40.2. The number of hydrogen-bond acceptors (Lipinski definition) is 14. The summed E-state index contributed by atoms with van der Waals surface area (Å²) in [6.45, 7) is 8.20. The fraction of sp³-hybridized carbons (Fsp3) is 0.215. The van der Waals surface area contributed by atoms with Gasteiger partial charge in [-0.25, -0.2) is 9.59 Å². The average Bonchev–Trinajstić information content (AvgIpc) is 0.827. The van der Waals surface area contributed by atoms with Gasteiger partial charge in [0.15, 0.2) is 25.1 Å². The molecule has 0 fully saturated rings. The number of alkyl halides is 8. The quantitative estimate of drug-likeness (QED) is 0.0114. The van der Waals surface area contributed by atoms with Crippen LogP contribution in [0, 0.1) is 6.92 Å². The fourth-order valence-corrected chi connectivity index (χ4v) is 12.4. The molecule has 7 aromatic rings. The number of allylic oxidation sites excluding steroid dienone is 2. The molecular formula is C65H64Br13F3Mn2O15S. The summed E-state index contributed by atoms with van der Waals surface area (Å²) in [5.74, 6) is -5.75. The van der Waals surface area contributed by atoms with Crippen LogP contribution < -0.4 is 0 Å². The molecule has 15 nitrogen and oxygen atoms in total. The standard InChI is InChI=1S/C9H6Br2F2O.C9H8Br2O2.C9H6Br2O2.C8H6Br2O2.C8H8Br2O.C8H6Br2O.C8H7BrO2.C5H10.CH4S.FH.2Mn.4O.H2/c10-4-6-1-2-7(8(11)3-6)9(12,13)5-14;2*10-4-6-1-2-7(8(11)3-6)9(13)5-12;9-4-5-1-2-6(8(11)12)7(10)3-5;2*9-4-6-1-2-7(5-11)8(10)3-6;1-5-2-3-6(8(10)11)7(9)4-5;1-4-5(2)3;1-2;;;;;;;;/h1-3,5H,4H2;1-3,5,9,13H,4H2;1-3,5H,4H2;1-3H,4H2,(H,11,12);1-3,11H,4-5H2;1-3,5H,4H2;2-4H,1H3,(H,10,11);4H,1-3H3;2H,1H3;1H;;;;;;;1H/i;;;;;;;;1D;;;;;;;;1+2/hT. The van der Waals surface area contributed by atoms with Crippen LogP contribution in [0.4, 0.5) is 13.5 Å². The van der Waals surface area contributed by atoms with Gasteiger partial charge in [0, 0.05) is 88.3 Å². The third-order valence-electron chi connectivity index (χ3n) is 11.1. The van der Waals surface area contributed by atoms with Crippen LogP contribution in [0.15, 0.2) is 170 Å². The molecule has 0 saturated heterocycles. The summed E-state index contributed by atoms with van der Waals surface area (Å²) in [7, 11) is 0. The summed E-state index contributed by atoms with van der Waals surface area (Å²) in [5.41, 5.74) is 11.7. The van der Waals surface area contributed by atoms with Gasteiger partial charge in [0.05, 0.1) is 17.7 Å². The third kappa shape index (κ3) is 45.9. The number of hydrogen-bond donors (Lipinski definition) is 5. The number of aliphatic hydroxyl groups excluding tert-OH is 2. The van der Waals surface area contributed by atoms with Crippen LogP contribution in [-0.4, -0.2) is 70.6 Å². The number of halogens is 16. The van der Waals surface area contributed by atoms with E-state index in [2.05, 4.69) is 227 Å². The molecule has 0 radical (unpaired) electrons. The van der Waals surface area contributed by atoms with Gasteiger partial charge in [0.2, 0.25) is 5.78 Å². The minimum atomic E-state index is -3.43. The fourth-order valence-electron chi connectivity index (χ4n) is 6.01. The van der Waals surface area contributed by atoms with Crippen LogP contribution in [-0.2, 0) is 104 Å². The van der Waals surface area contributed by atoms with Crippen molar-refractivity contribution in [2.24, 2.45) is 0 Å². The molecule has 1 unspecified atom stereocenters. The number of carbonyl (C=O) groups is 7. The van der Waals surface area contributed by atoms with E-state index in [4.69, 9.17) is 33.2 Å². The average molecular weight is 2330 g/mol. The SMILES string of the molecule is CC=C(C)C.Cc1ccc(C(=O)O)c(Br)c1.F.O=C(O)c1ccc(CBr)cc1Br.O=CC(=O)c1ccc(CBr)cc1Br.O=CC(F)(F)c1ccc(CBr)cc1Br.O=CC(O)c1ccc(CBr)cc1Br.O=Cc1ccc(CBr)cc1Br.OCc1ccc(CBr)cc1Br.[2H]CS[3H].[3HH].[O]=[Mn]=[O].[O]=[Mn]=[O]. The van der Waals surface area contributed by atoms with Gasteiger partial charge in [-0.3, -0.25) is 23.9 Å². The number of aromatic carboxylic acids is 2. The molecule has 0 aliphatic carbocycles. The summed E-state index contributed by atoms with van der Waals surface area (Å²) < 4.78 is 76.7. The number of carbonyl (C=O) groups excluding carboxylic acids is 5. The van der Waals surface area contributed by atoms with Crippen molar-refractivity contribution in [2.45, 2.75) is 78.3 Å². The molecule has 546 valence electrons. The first-order valence-electron chi connectivity index (χ1n) is 27.4. The van der Waals surface area contributed by atoms with Gasteiger partial charge in [0.25, 0.3) is 0 Å². The number of carboxylic acid groups (broad SMARTS) is 2. The summed E-state index contributed by atoms with van der Waals surface area (Å²) in [6.07, 6.45) is 2.49. The number of rotatable bonds is 16. The molecule has 0 spiro atoms. The molecule has 0 aliphatic rings. The molecule has 4 N–H and O–H groups in total. The van der Waals surface area contributed by atoms with E-state index < -0.39 is 59.4 Å². The van der Waals surface area contributed by atoms with Crippen molar-refractivity contribution in [3.8, 4) is 0 Å². The van der Waals surface area contributed by atoms with E-state index in [-0.39, 0.29) is 35.3 Å². The van der Waals surface area contributed by atoms with Crippen molar-refractivity contribution in [3.63, 3.8) is 0 Å². The molecule has 0 amide bonds. The van der Waals surface area contributed by atoms with Crippen LogP contribution >= 0.6 is 220 Å². The van der Waals surface area contributed by atoms with Gasteiger partial charge in [0.1, 0.15) is 7.23 Å².